The van der Waals surface area contributed by atoms with E-state index in [1.807, 2.05) is 4.57 Å². The van der Waals surface area contributed by atoms with Gasteiger partial charge in [0.25, 0.3) is 0 Å². The molecule has 320 valence electrons. The smallest absolute Gasteiger partial charge is 0.222 e. The van der Waals surface area contributed by atoms with Crippen LogP contribution in [-0.2, 0) is 27.3 Å². The third kappa shape index (κ3) is 8.53. The molecule has 0 spiro atoms. The van der Waals surface area contributed by atoms with Gasteiger partial charge in [0, 0.05) is 91.2 Å². The Hall–Kier alpha value is -5.57. The first-order chi connectivity index (χ1) is 30.0. The Morgan fingerprint density at radius 3 is 1.39 bits per heavy atom. The monoisotopic (exact) mass is 851 g/mol. The van der Waals surface area contributed by atoms with Gasteiger partial charge in [-0.05, 0) is 49.1 Å². The number of ether oxygens (including phenoxy) is 3. The van der Waals surface area contributed by atoms with Crippen molar-refractivity contribution in [1.82, 2.24) is 59.0 Å². The number of nitrogens with zero attached hydrogens (tertiary/aromatic N) is 15. The van der Waals surface area contributed by atoms with Gasteiger partial charge in [-0.1, -0.05) is 0 Å². The number of hydrogen-bond donors (Lipinski definition) is 2. The Morgan fingerprint density at radius 1 is 0.541 bits per heavy atom. The van der Waals surface area contributed by atoms with E-state index in [4.69, 9.17) is 50.7 Å². The van der Waals surface area contributed by atoms with Crippen molar-refractivity contribution in [3.8, 4) is 22.8 Å². The molecule has 0 amide bonds. The van der Waals surface area contributed by atoms with E-state index in [2.05, 4.69) is 54.8 Å². The van der Waals surface area contributed by atoms with E-state index in [1.54, 1.807) is 38.9 Å². The number of nitrogens with one attached hydrogen (secondary N) is 2. The molecule has 0 unspecified atom stereocenters. The molecule has 2 N–H and O–H groups in total. The normalized spacial score (nSPS) is 18.4. The second-order valence-electron chi connectivity index (χ2n) is 15.9. The van der Waals surface area contributed by atoms with Crippen molar-refractivity contribution in [3.05, 3.63) is 30.1 Å². The molecule has 5 fully saturated rings. The van der Waals surface area contributed by atoms with Crippen molar-refractivity contribution in [3.63, 3.8) is 0 Å². The number of imidazole rings is 2. The second-order valence-corrected chi connectivity index (χ2v) is 16.2. The summed E-state index contributed by atoms with van der Waals surface area (Å²) in [5.41, 5.74) is 4.79. The highest BCUT2D eigenvalue weighted by molar-refractivity contribution is 6.29. The van der Waals surface area contributed by atoms with Gasteiger partial charge in [0.1, 0.15) is 0 Å². The number of morpholine rings is 3. The third-order valence-corrected chi connectivity index (χ3v) is 11.8. The highest BCUT2D eigenvalue weighted by Crippen LogP contribution is 2.38. The minimum atomic E-state index is 0.463. The summed E-state index contributed by atoms with van der Waals surface area (Å²) in [7, 11) is 3.59. The van der Waals surface area contributed by atoms with Gasteiger partial charge in [0.05, 0.1) is 50.8 Å². The Balaban J connectivity index is 0.000000148. The van der Waals surface area contributed by atoms with Crippen molar-refractivity contribution < 1.29 is 14.2 Å². The molecule has 0 bridgehead atoms. The first-order valence-corrected chi connectivity index (χ1v) is 21.6. The number of aromatic nitrogens is 12. The van der Waals surface area contributed by atoms with E-state index in [0.29, 0.717) is 67.1 Å². The fourth-order valence-corrected chi connectivity index (χ4v) is 8.01. The van der Waals surface area contributed by atoms with Crippen LogP contribution in [0.3, 0.4) is 0 Å². The Labute approximate surface area is 357 Å². The molecule has 3 saturated heterocycles. The number of anilines is 5. The van der Waals surface area contributed by atoms with E-state index >= 15 is 0 Å². The summed E-state index contributed by atoms with van der Waals surface area (Å²) >= 11 is 6.50. The van der Waals surface area contributed by atoms with E-state index in [1.165, 1.54) is 25.7 Å². The molecule has 2 aliphatic carbocycles. The standard InChI is InChI=1S/C22H29N9O2.C18H21ClN8O/c1-23-21-24-12-16(13-25-21)18-27-19(29-4-8-32-9-5-29)17-20(28-18)31(14-15-2-3-15)22(26-17)30-6-10-33-11-7-30;1-20-18-21-8-12(9-22-18)14-24-15(26-4-6-28-7-5-26)13-16(25-14)27(17(19)23-13)10-11-2-3-11/h12-13,15H,2-11,14H2,1H3,(H,23,24,25);8-9,11H,2-7,10H2,1H3,(H,20,21,22). The fraction of sp³-hybridized carbons (Fsp3) is 0.550. The van der Waals surface area contributed by atoms with Crippen LogP contribution in [0.1, 0.15) is 25.7 Å². The summed E-state index contributed by atoms with van der Waals surface area (Å²) in [6, 6.07) is 0. The summed E-state index contributed by atoms with van der Waals surface area (Å²) in [6.45, 7) is 10.6. The average molecular weight is 852 g/mol. The van der Waals surface area contributed by atoms with Gasteiger partial charge in [-0.3, -0.25) is 9.13 Å². The molecule has 5 aliphatic rings. The summed E-state index contributed by atoms with van der Waals surface area (Å²) in [6.07, 6.45) is 12.0. The molecular weight excluding hydrogens is 802 g/mol. The topological polar surface area (TPSA) is 200 Å². The number of halogens is 1. The molecule has 3 aliphatic heterocycles. The van der Waals surface area contributed by atoms with Gasteiger partial charge >= 0.3 is 0 Å². The van der Waals surface area contributed by atoms with Crippen LogP contribution < -0.4 is 25.3 Å². The molecule has 11 rings (SSSR count). The Kier molecular flexibility index (Phi) is 11.3. The Bertz CT molecular complexity index is 2460. The van der Waals surface area contributed by atoms with Gasteiger partial charge in [-0.2, -0.15) is 0 Å². The van der Waals surface area contributed by atoms with E-state index in [0.717, 1.165) is 117 Å². The number of rotatable bonds is 11. The highest BCUT2D eigenvalue weighted by atomic mass is 35.5. The van der Waals surface area contributed by atoms with Gasteiger partial charge in [-0.15, -0.1) is 0 Å². The number of hydrogen-bond acceptors (Lipinski definition) is 18. The van der Waals surface area contributed by atoms with Crippen LogP contribution in [0.4, 0.5) is 29.5 Å². The predicted molar refractivity (Wildman–Crippen MR) is 231 cm³/mol. The quantitative estimate of drug-likeness (QED) is 0.179. The third-order valence-electron chi connectivity index (χ3n) is 11.5. The minimum Gasteiger partial charge on any atom is -0.378 e. The first kappa shape index (κ1) is 39.6. The molecule has 0 aromatic carbocycles. The van der Waals surface area contributed by atoms with E-state index < -0.39 is 0 Å². The maximum atomic E-state index is 6.50. The molecule has 20 nitrogen and oxygen atoms in total. The van der Waals surface area contributed by atoms with Crippen molar-refractivity contribution in [1.29, 1.82) is 0 Å². The van der Waals surface area contributed by atoms with Crippen LogP contribution in [0.2, 0.25) is 5.28 Å². The van der Waals surface area contributed by atoms with Crippen molar-refractivity contribution in [2.24, 2.45) is 11.8 Å². The van der Waals surface area contributed by atoms with Crippen molar-refractivity contribution >= 4 is 63.4 Å². The predicted octanol–water partition coefficient (Wildman–Crippen LogP) is 3.63. The average Bonchev–Trinajstić information content (AvgIpc) is 4.27. The summed E-state index contributed by atoms with van der Waals surface area (Å²) < 4.78 is 21.0. The van der Waals surface area contributed by atoms with Gasteiger partial charge in [0.15, 0.2) is 45.6 Å². The SMILES string of the molecule is CNc1ncc(-c2nc(N3CCOCC3)c3nc(Cl)n(CC4CC4)c3n2)cn1.CNc1ncc(-c2nc(N3CCOCC3)c3nc(N4CCOCC4)n(CC4CC4)c3n2)cn1. The van der Waals surface area contributed by atoms with Crippen LogP contribution in [0.5, 0.6) is 0 Å². The molecular formula is C40H50ClN17O3. The summed E-state index contributed by atoms with van der Waals surface area (Å²) in [5.74, 6) is 6.29. The molecule has 21 heteroatoms. The lowest BCUT2D eigenvalue weighted by Gasteiger charge is -2.28. The van der Waals surface area contributed by atoms with Crippen LogP contribution >= 0.6 is 11.6 Å². The zero-order valence-electron chi connectivity index (χ0n) is 34.5. The molecule has 9 heterocycles. The first-order valence-electron chi connectivity index (χ1n) is 21.2. The molecule has 6 aromatic heterocycles. The number of fused-ring (bicyclic) bond motifs is 2. The summed E-state index contributed by atoms with van der Waals surface area (Å²) in [4.78, 5) is 53.5. The maximum Gasteiger partial charge on any atom is 0.222 e. The van der Waals surface area contributed by atoms with E-state index in [9.17, 15) is 0 Å². The lowest BCUT2D eigenvalue weighted by atomic mass is 10.3. The van der Waals surface area contributed by atoms with Crippen molar-refractivity contribution in [2.45, 2.75) is 38.8 Å². The Morgan fingerprint density at radius 2 is 0.951 bits per heavy atom. The van der Waals surface area contributed by atoms with Crippen LogP contribution in [-0.4, -0.2) is 152 Å². The zero-order chi connectivity index (χ0) is 41.3. The van der Waals surface area contributed by atoms with Crippen LogP contribution in [0, 0.1) is 11.8 Å². The summed E-state index contributed by atoms with van der Waals surface area (Å²) in [5, 5.41) is 6.35. The van der Waals surface area contributed by atoms with Gasteiger partial charge in [0.2, 0.25) is 23.1 Å². The molecule has 2 saturated carbocycles. The van der Waals surface area contributed by atoms with Crippen molar-refractivity contribution in [2.75, 3.05) is 118 Å². The fourth-order valence-electron chi connectivity index (χ4n) is 7.78. The molecule has 0 radical (unpaired) electrons. The van der Waals surface area contributed by atoms with Gasteiger partial charge < -0.3 is 39.5 Å². The van der Waals surface area contributed by atoms with Crippen LogP contribution in [0.25, 0.3) is 45.1 Å². The van der Waals surface area contributed by atoms with Gasteiger partial charge in [-0.25, -0.2) is 49.8 Å². The van der Waals surface area contributed by atoms with Crippen LogP contribution in [0.15, 0.2) is 24.8 Å². The zero-order valence-corrected chi connectivity index (χ0v) is 35.3. The maximum absolute atomic E-state index is 6.50. The highest BCUT2D eigenvalue weighted by Gasteiger charge is 2.31. The minimum absolute atomic E-state index is 0.463. The van der Waals surface area contributed by atoms with E-state index in [-0.39, 0.29) is 0 Å². The molecule has 0 atom stereocenters. The molecule has 61 heavy (non-hydrogen) atoms. The molecule has 6 aromatic rings. The second kappa shape index (κ2) is 17.4. The lowest BCUT2D eigenvalue weighted by molar-refractivity contribution is 0.121. The lowest BCUT2D eigenvalue weighted by Crippen LogP contribution is -2.38. The largest absolute Gasteiger partial charge is 0.378 e.